The zero-order valence-electron chi connectivity index (χ0n) is 11.2. The van der Waals surface area contributed by atoms with E-state index in [1.165, 1.54) is 4.57 Å². The summed E-state index contributed by atoms with van der Waals surface area (Å²) in [6.45, 7) is 0.443. The van der Waals surface area contributed by atoms with Gasteiger partial charge in [0.2, 0.25) is 0 Å². The Morgan fingerprint density at radius 2 is 2.00 bits per heavy atom. The molecule has 110 valence electrons. The molecule has 2 aromatic rings. The Morgan fingerprint density at radius 3 is 2.62 bits per heavy atom. The smallest absolute Gasteiger partial charge is 0.297 e. The van der Waals surface area contributed by atoms with E-state index in [-0.39, 0.29) is 16.3 Å². The number of hydrogen-bond acceptors (Lipinski definition) is 2. The quantitative estimate of drug-likeness (QED) is 0.880. The van der Waals surface area contributed by atoms with E-state index in [1.54, 1.807) is 24.3 Å². The van der Waals surface area contributed by atoms with Gasteiger partial charge in [-0.15, -0.1) is 0 Å². The molecule has 21 heavy (non-hydrogen) atoms. The molecule has 1 fully saturated rings. The normalized spacial score (nSPS) is 15.0. The van der Waals surface area contributed by atoms with E-state index >= 15 is 0 Å². The zero-order valence-corrected chi connectivity index (χ0v) is 12.7. The van der Waals surface area contributed by atoms with Crippen LogP contribution in [-0.2, 0) is 6.54 Å². The molecule has 1 aliphatic carbocycles. The summed E-state index contributed by atoms with van der Waals surface area (Å²) in [6, 6.07) is 6.88. The zero-order chi connectivity index (χ0) is 15.0. The second-order valence-corrected chi connectivity index (χ2v) is 6.16. The lowest BCUT2D eigenvalue weighted by molar-refractivity contribution is 0.270. The van der Waals surface area contributed by atoms with E-state index in [2.05, 4.69) is 4.98 Å². The lowest BCUT2D eigenvalue weighted by atomic mass is 9.85. The highest BCUT2D eigenvalue weighted by Crippen LogP contribution is 2.28. The maximum absolute atomic E-state index is 12.6. The van der Waals surface area contributed by atoms with E-state index in [0.717, 1.165) is 19.3 Å². The fourth-order valence-corrected chi connectivity index (χ4v) is 3.00. The van der Waals surface area contributed by atoms with Crippen molar-refractivity contribution in [1.29, 1.82) is 0 Å². The minimum atomic E-state index is -0.456. The van der Waals surface area contributed by atoms with Gasteiger partial charge in [-0.25, -0.2) is 4.79 Å². The van der Waals surface area contributed by atoms with Gasteiger partial charge in [0.05, 0.1) is 5.56 Å². The Kier molecular flexibility index (Phi) is 3.91. The van der Waals surface area contributed by atoms with Gasteiger partial charge in [0.1, 0.15) is 5.15 Å². The average Bonchev–Trinajstić information content (AvgIpc) is 2.36. The number of nitrogens with one attached hydrogen (secondary N) is 1. The van der Waals surface area contributed by atoms with Crippen LogP contribution in [0.3, 0.4) is 0 Å². The van der Waals surface area contributed by atoms with Crippen molar-refractivity contribution >= 4 is 23.2 Å². The summed E-state index contributed by atoms with van der Waals surface area (Å²) in [5, 5.41) is 0.567. The first-order valence-corrected chi connectivity index (χ1v) is 7.60. The van der Waals surface area contributed by atoms with E-state index in [9.17, 15) is 9.59 Å². The molecule has 3 rings (SSSR count). The summed E-state index contributed by atoms with van der Waals surface area (Å²) in [7, 11) is 0. The van der Waals surface area contributed by atoms with Crippen molar-refractivity contribution in [2.75, 3.05) is 0 Å². The lowest BCUT2D eigenvalue weighted by Crippen LogP contribution is -2.39. The predicted molar refractivity (Wildman–Crippen MR) is 84.1 cm³/mol. The van der Waals surface area contributed by atoms with Gasteiger partial charge in [-0.3, -0.25) is 14.3 Å². The number of benzene rings is 1. The third-order valence-electron chi connectivity index (χ3n) is 3.92. The number of H-pyrrole nitrogens is 1. The van der Waals surface area contributed by atoms with Crippen LogP contribution in [0.15, 0.2) is 33.9 Å². The maximum Gasteiger partial charge on any atom is 0.329 e. The van der Waals surface area contributed by atoms with Crippen molar-refractivity contribution in [3.63, 3.8) is 0 Å². The van der Waals surface area contributed by atoms with Crippen molar-refractivity contribution in [3.8, 4) is 11.1 Å². The number of rotatable bonds is 3. The summed E-state index contributed by atoms with van der Waals surface area (Å²) >= 11 is 12.0. The van der Waals surface area contributed by atoms with Crippen LogP contribution in [0.4, 0.5) is 0 Å². The Balaban J connectivity index is 2.14. The van der Waals surface area contributed by atoms with Crippen LogP contribution < -0.4 is 11.2 Å². The molecule has 1 aromatic heterocycles. The Bertz CT molecular complexity index is 791. The second-order valence-electron chi connectivity index (χ2n) is 5.34. The van der Waals surface area contributed by atoms with Gasteiger partial charge in [0, 0.05) is 11.6 Å². The number of aromatic amines is 1. The molecule has 0 unspecified atom stereocenters. The molecule has 0 spiro atoms. The predicted octanol–water partition coefficient (Wildman–Crippen LogP) is 3.31. The van der Waals surface area contributed by atoms with Gasteiger partial charge in [-0.05, 0) is 36.5 Å². The number of nitrogens with zero attached hydrogens (tertiary/aromatic N) is 1. The first kappa shape index (κ1) is 14.4. The van der Waals surface area contributed by atoms with Crippen LogP contribution in [-0.4, -0.2) is 9.55 Å². The molecule has 0 aliphatic heterocycles. The fourth-order valence-electron chi connectivity index (χ4n) is 2.54. The summed E-state index contributed by atoms with van der Waals surface area (Å²) in [5.41, 5.74) is 0.0785. The average molecular weight is 325 g/mol. The first-order valence-electron chi connectivity index (χ1n) is 6.85. The molecule has 4 nitrogen and oxygen atoms in total. The van der Waals surface area contributed by atoms with Crippen molar-refractivity contribution in [2.45, 2.75) is 25.8 Å². The fraction of sp³-hybridized carbons (Fsp3) is 0.333. The lowest BCUT2D eigenvalue weighted by Gasteiger charge is -2.25. The molecular weight excluding hydrogens is 311 g/mol. The molecule has 0 bridgehead atoms. The van der Waals surface area contributed by atoms with Gasteiger partial charge < -0.3 is 0 Å². The van der Waals surface area contributed by atoms with Crippen LogP contribution in [0.5, 0.6) is 0 Å². The van der Waals surface area contributed by atoms with E-state index in [4.69, 9.17) is 23.2 Å². The summed E-state index contributed by atoms with van der Waals surface area (Å²) in [6.07, 6.45) is 3.27. The van der Waals surface area contributed by atoms with E-state index < -0.39 is 5.69 Å². The largest absolute Gasteiger partial charge is 0.329 e. The number of aromatic nitrogens is 2. The van der Waals surface area contributed by atoms with Gasteiger partial charge in [0.25, 0.3) is 5.56 Å². The number of hydrogen-bond donors (Lipinski definition) is 1. The highest BCUT2D eigenvalue weighted by Gasteiger charge is 2.22. The molecule has 6 heteroatoms. The summed E-state index contributed by atoms with van der Waals surface area (Å²) < 4.78 is 1.24. The second kappa shape index (κ2) is 5.70. The summed E-state index contributed by atoms with van der Waals surface area (Å²) in [4.78, 5) is 27.1. The van der Waals surface area contributed by atoms with E-state index in [1.807, 2.05) is 0 Å². The molecule has 0 radical (unpaired) electrons. The number of halogens is 2. The van der Waals surface area contributed by atoms with Crippen molar-refractivity contribution in [3.05, 3.63) is 55.3 Å². The van der Waals surface area contributed by atoms with Crippen molar-refractivity contribution < 1.29 is 0 Å². The first-order chi connectivity index (χ1) is 10.1. The minimum absolute atomic E-state index is 0.0529. The Labute approximate surface area is 131 Å². The molecule has 0 atom stereocenters. The van der Waals surface area contributed by atoms with Crippen LogP contribution >= 0.6 is 23.2 Å². The van der Waals surface area contributed by atoms with Gasteiger partial charge in [0.15, 0.2) is 0 Å². The molecule has 0 saturated heterocycles. The van der Waals surface area contributed by atoms with Crippen molar-refractivity contribution in [1.82, 2.24) is 9.55 Å². The summed E-state index contributed by atoms with van der Waals surface area (Å²) in [5.74, 6) is 0.400. The molecular formula is C15H14Cl2N2O2. The molecule has 1 N–H and O–H groups in total. The van der Waals surface area contributed by atoms with Crippen LogP contribution in [0.25, 0.3) is 11.1 Å². The van der Waals surface area contributed by atoms with Crippen molar-refractivity contribution in [2.24, 2.45) is 5.92 Å². The molecule has 1 aliphatic rings. The van der Waals surface area contributed by atoms with Crippen LogP contribution in [0, 0.1) is 5.92 Å². The highest BCUT2D eigenvalue weighted by molar-refractivity contribution is 6.32. The molecule has 1 heterocycles. The Hall–Kier alpha value is -1.52. The minimum Gasteiger partial charge on any atom is -0.297 e. The standard InChI is InChI=1S/C15H14Cl2N2O2/c16-11-6-2-5-10(7-11)12-13(17)18-15(21)19(14(12)20)8-9-3-1-4-9/h2,5-7,9H,1,3-4,8H2,(H,18,21). The molecule has 1 saturated carbocycles. The Morgan fingerprint density at radius 1 is 1.24 bits per heavy atom. The van der Waals surface area contributed by atoms with Crippen LogP contribution in [0.2, 0.25) is 10.2 Å². The monoisotopic (exact) mass is 324 g/mol. The van der Waals surface area contributed by atoms with Crippen LogP contribution in [0.1, 0.15) is 19.3 Å². The maximum atomic E-state index is 12.6. The molecule has 1 aromatic carbocycles. The van der Waals surface area contributed by atoms with Gasteiger partial charge >= 0.3 is 5.69 Å². The molecule has 0 amide bonds. The third kappa shape index (κ3) is 2.78. The van der Waals surface area contributed by atoms with E-state index in [0.29, 0.717) is 23.0 Å². The topological polar surface area (TPSA) is 54.9 Å². The SMILES string of the molecule is O=c1[nH]c(Cl)c(-c2cccc(Cl)c2)c(=O)n1CC1CCC1. The van der Waals surface area contributed by atoms with Gasteiger partial charge in [-0.2, -0.15) is 0 Å². The van der Waals surface area contributed by atoms with Gasteiger partial charge in [-0.1, -0.05) is 41.8 Å². The highest BCUT2D eigenvalue weighted by atomic mass is 35.5. The third-order valence-corrected chi connectivity index (χ3v) is 4.44.